The topological polar surface area (TPSA) is 0 Å². The van der Waals surface area contributed by atoms with Crippen LogP contribution >= 0.6 is 0 Å². The highest BCUT2D eigenvalue weighted by Crippen LogP contribution is 2.25. The summed E-state index contributed by atoms with van der Waals surface area (Å²) in [5.74, 6) is 2.02. The summed E-state index contributed by atoms with van der Waals surface area (Å²) in [7, 11) is 0. The highest BCUT2D eigenvalue weighted by atomic mass is 14.2. The highest BCUT2D eigenvalue weighted by Gasteiger charge is 2.11. The fourth-order valence-electron chi connectivity index (χ4n) is 3.79. The normalized spacial score (nSPS) is 30.0. The smallest absolute Gasteiger partial charge is 0.0443 e. The fourth-order valence-corrected chi connectivity index (χ4v) is 3.79. The molecule has 2 unspecified atom stereocenters. The first-order chi connectivity index (χ1) is 10.3. The average Bonchev–Trinajstić information content (AvgIpc) is 2.76. The van der Waals surface area contributed by atoms with Gasteiger partial charge in [-0.05, 0) is 11.8 Å². The van der Waals surface area contributed by atoms with Gasteiger partial charge in [-0.25, -0.2) is 0 Å². The van der Waals surface area contributed by atoms with E-state index >= 15 is 0 Å². The van der Waals surface area contributed by atoms with Crippen LogP contribution in [-0.4, -0.2) is 0 Å². The Morgan fingerprint density at radius 3 is 0.810 bits per heavy atom. The van der Waals surface area contributed by atoms with Crippen molar-refractivity contribution in [2.75, 3.05) is 0 Å². The second-order valence-corrected chi connectivity index (χ2v) is 7.96. The first-order valence-electron chi connectivity index (χ1n) is 10.3. The van der Waals surface area contributed by atoms with Crippen LogP contribution in [0.4, 0.5) is 0 Å². The maximum Gasteiger partial charge on any atom is -0.0443 e. The monoisotopic (exact) mass is 294 g/mol. The summed E-state index contributed by atoms with van der Waals surface area (Å²) in [6.07, 6.45) is 25.4. The molecule has 0 aliphatic heterocycles. The molecule has 0 heteroatoms. The van der Waals surface area contributed by atoms with Crippen LogP contribution in [0.15, 0.2) is 0 Å². The van der Waals surface area contributed by atoms with Crippen molar-refractivity contribution >= 4 is 0 Å². The molecule has 0 aromatic heterocycles. The predicted octanol–water partition coefficient (Wildman–Crippen LogP) is 7.90. The molecule has 0 heterocycles. The Morgan fingerprint density at radius 2 is 0.571 bits per heavy atom. The number of hydrogen-bond acceptors (Lipinski definition) is 0. The van der Waals surface area contributed by atoms with Crippen LogP contribution in [-0.2, 0) is 0 Å². The van der Waals surface area contributed by atoms with Crippen LogP contribution in [0.1, 0.15) is 123 Å². The van der Waals surface area contributed by atoms with Crippen molar-refractivity contribution in [3.05, 3.63) is 0 Å². The van der Waals surface area contributed by atoms with Gasteiger partial charge in [-0.2, -0.15) is 0 Å². The van der Waals surface area contributed by atoms with Gasteiger partial charge in [0, 0.05) is 0 Å². The van der Waals surface area contributed by atoms with Crippen LogP contribution in [0.3, 0.4) is 0 Å². The minimum absolute atomic E-state index is 1.01. The van der Waals surface area contributed by atoms with Crippen LogP contribution in [0, 0.1) is 11.8 Å². The minimum Gasteiger partial charge on any atom is -0.0625 e. The van der Waals surface area contributed by atoms with Crippen molar-refractivity contribution in [1.82, 2.24) is 0 Å². The van der Waals surface area contributed by atoms with E-state index in [4.69, 9.17) is 0 Å². The third-order valence-electron chi connectivity index (χ3n) is 5.55. The van der Waals surface area contributed by atoms with Gasteiger partial charge in [0.2, 0.25) is 0 Å². The third kappa shape index (κ3) is 12.2. The molecule has 3 saturated carbocycles. The molecule has 126 valence electrons. The molecule has 0 aromatic carbocycles. The van der Waals surface area contributed by atoms with Crippen molar-refractivity contribution in [2.45, 2.75) is 123 Å². The van der Waals surface area contributed by atoms with Crippen molar-refractivity contribution in [2.24, 2.45) is 11.8 Å². The van der Waals surface area contributed by atoms with Gasteiger partial charge in [0.05, 0.1) is 0 Å². The maximum atomic E-state index is 2.39. The van der Waals surface area contributed by atoms with E-state index in [0.29, 0.717) is 0 Å². The number of hydrogen-bond donors (Lipinski definition) is 0. The summed E-state index contributed by atoms with van der Waals surface area (Å²) < 4.78 is 0. The lowest BCUT2D eigenvalue weighted by atomic mass is 10.0. The van der Waals surface area contributed by atoms with Gasteiger partial charge in [0.1, 0.15) is 0 Å². The summed E-state index contributed by atoms with van der Waals surface area (Å²) in [5, 5.41) is 0. The first kappa shape index (κ1) is 19.0. The van der Waals surface area contributed by atoms with Crippen molar-refractivity contribution < 1.29 is 0 Å². The Bertz CT molecular complexity index is 155. The summed E-state index contributed by atoms with van der Waals surface area (Å²) >= 11 is 0. The summed E-state index contributed by atoms with van der Waals surface area (Å²) in [6, 6.07) is 0. The van der Waals surface area contributed by atoms with Crippen LogP contribution in [0.5, 0.6) is 0 Å². The second kappa shape index (κ2) is 13.6. The van der Waals surface area contributed by atoms with Crippen molar-refractivity contribution in [3.8, 4) is 0 Å². The molecule has 0 spiro atoms. The first-order valence-corrected chi connectivity index (χ1v) is 10.3. The Balaban J connectivity index is 0.000000163. The van der Waals surface area contributed by atoms with Gasteiger partial charge in [0.15, 0.2) is 0 Å². The molecule has 0 N–H and O–H groups in total. The largest absolute Gasteiger partial charge is 0.0625 e. The lowest BCUT2D eigenvalue weighted by molar-refractivity contribution is 0.476. The van der Waals surface area contributed by atoms with Gasteiger partial charge in [0.25, 0.3) is 0 Å². The predicted molar refractivity (Wildman–Crippen MR) is 96.8 cm³/mol. The molecule has 2 atom stereocenters. The Morgan fingerprint density at radius 1 is 0.333 bits per heavy atom. The van der Waals surface area contributed by atoms with Gasteiger partial charge >= 0.3 is 0 Å². The van der Waals surface area contributed by atoms with Crippen molar-refractivity contribution in [1.29, 1.82) is 0 Å². The molecule has 3 fully saturated rings. The Kier molecular flexibility index (Phi) is 12.4. The molecular formula is C21H42. The molecule has 0 bridgehead atoms. The van der Waals surface area contributed by atoms with E-state index in [0.717, 1.165) is 11.8 Å². The molecule has 21 heavy (non-hydrogen) atoms. The molecule has 0 saturated heterocycles. The molecule has 0 amide bonds. The van der Waals surface area contributed by atoms with E-state index in [2.05, 4.69) is 13.8 Å². The van der Waals surface area contributed by atoms with E-state index in [1.807, 2.05) is 0 Å². The maximum absolute atomic E-state index is 2.39. The van der Waals surface area contributed by atoms with Gasteiger partial charge in [-0.3, -0.25) is 0 Å². The minimum atomic E-state index is 1.01. The van der Waals surface area contributed by atoms with Gasteiger partial charge in [-0.15, -0.1) is 0 Å². The fraction of sp³-hybridized carbons (Fsp3) is 1.00. The quantitative estimate of drug-likeness (QED) is 0.398. The summed E-state index contributed by atoms with van der Waals surface area (Å²) in [6.45, 7) is 4.77. The number of rotatable bonds is 0. The summed E-state index contributed by atoms with van der Waals surface area (Å²) in [4.78, 5) is 0. The van der Waals surface area contributed by atoms with Crippen LogP contribution < -0.4 is 0 Å². The van der Waals surface area contributed by atoms with Gasteiger partial charge < -0.3 is 0 Å². The SMILES string of the molecule is C1CCCCC1.C1CCCCC1.CC1CCCC(C)CC1. The standard InChI is InChI=1S/C9H18.2C6H12/c1-8-4-3-5-9(2)7-6-8;2*1-2-4-6-5-3-1/h8-9H,3-7H2,1-2H3;2*1-6H2. The van der Waals surface area contributed by atoms with E-state index in [-0.39, 0.29) is 0 Å². The highest BCUT2D eigenvalue weighted by molar-refractivity contribution is 4.64. The molecule has 3 rings (SSSR count). The second-order valence-electron chi connectivity index (χ2n) is 7.96. The van der Waals surface area contributed by atoms with E-state index in [9.17, 15) is 0 Å². The van der Waals surface area contributed by atoms with Crippen LogP contribution in [0.2, 0.25) is 0 Å². The van der Waals surface area contributed by atoms with E-state index < -0.39 is 0 Å². The van der Waals surface area contributed by atoms with Crippen molar-refractivity contribution in [3.63, 3.8) is 0 Å². The van der Waals surface area contributed by atoms with Gasteiger partial charge in [-0.1, -0.05) is 123 Å². The Labute approximate surface area is 135 Å². The zero-order chi connectivity index (χ0) is 15.2. The van der Waals surface area contributed by atoms with E-state index in [1.165, 1.54) is 109 Å². The summed E-state index contributed by atoms with van der Waals surface area (Å²) in [5.41, 5.74) is 0. The van der Waals surface area contributed by atoms with E-state index in [1.54, 1.807) is 0 Å². The molecule has 0 radical (unpaired) electrons. The zero-order valence-corrected chi connectivity index (χ0v) is 15.2. The third-order valence-corrected chi connectivity index (χ3v) is 5.55. The lowest BCUT2D eigenvalue weighted by Gasteiger charge is -2.05. The zero-order valence-electron chi connectivity index (χ0n) is 15.2. The molecule has 0 nitrogen and oxygen atoms in total. The average molecular weight is 295 g/mol. The lowest BCUT2D eigenvalue weighted by Crippen LogP contribution is -1.91. The Hall–Kier alpha value is 0. The molecule has 0 aromatic rings. The van der Waals surface area contributed by atoms with Crippen LogP contribution in [0.25, 0.3) is 0 Å². The molecule has 3 aliphatic rings. The molecular weight excluding hydrogens is 252 g/mol. The molecule has 3 aliphatic carbocycles.